The SMILES string of the molecule is O=C(C1CC(=O)N(C2CCOCC2)C1)N1CCN(c2ccccc2F)CC1. The molecule has 146 valence electrons. The number of anilines is 1. The van der Waals surface area contributed by atoms with E-state index in [-0.39, 0.29) is 29.6 Å². The summed E-state index contributed by atoms with van der Waals surface area (Å²) >= 11 is 0. The van der Waals surface area contributed by atoms with Crippen LogP contribution in [0.4, 0.5) is 10.1 Å². The van der Waals surface area contributed by atoms with Gasteiger partial charge in [-0.05, 0) is 25.0 Å². The Balaban J connectivity index is 1.33. The Labute approximate surface area is 158 Å². The molecular weight excluding hydrogens is 349 g/mol. The van der Waals surface area contributed by atoms with Crippen molar-refractivity contribution in [3.05, 3.63) is 30.1 Å². The van der Waals surface area contributed by atoms with Crippen molar-refractivity contribution in [2.24, 2.45) is 5.92 Å². The average Bonchev–Trinajstić information content (AvgIpc) is 3.10. The summed E-state index contributed by atoms with van der Waals surface area (Å²) < 4.78 is 19.3. The number of ether oxygens (including phenoxy) is 1. The summed E-state index contributed by atoms with van der Waals surface area (Å²) in [5, 5.41) is 0. The van der Waals surface area contributed by atoms with Crippen LogP contribution in [0, 0.1) is 11.7 Å². The summed E-state index contributed by atoms with van der Waals surface area (Å²) in [4.78, 5) is 31.0. The predicted octanol–water partition coefficient (Wildman–Crippen LogP) is 1.50. The number of halogens is 1. The van der Waals surface area contributed by atoms with Gasteiger partial charge in [-0.2, -0.15) is 0 Å². The first-order valence-electron chi connectivity index (χ1n) is 9.79. The molecule has 0 N–H and O–H groups in total. The van der Waals surface area contributed by atoms with E-state index in [1.54, 1.807) is 12.1 Å². The van der Waals surface area contributed by atoms with Crippen molar-refractivity contribution in [3.63, 3.8) is 0 Å². The number of amides is 2. The van der Waals surface area contributed by atoms with E-state index in [1.165, 1.54) is 6.07 Å². The highest BCUT2D eigenvalue weighted by atomic mass is 19.1. The van der Waals surface area contributed by atoms with Crippen molar-refractivity contribution in [1.82, 2.24) is 9.80 Å². The number of hydrogen-bond acceptors (Lipinski definition) is 4. The molecule has 0 saturated carbocycles. The van der Waals surface area contributed by atoms with Crippen LogP contribution in [-0.2, 0) is 14.3 Å². The maximum absolute atomic E-state index is 14.0. The summed E-state index contributed by atoms with van der Waals surface area (Å²) in [6.45, 7) is 4.24. The fourth-order valence-electron chi connectivity index (χ4n) is 4.38. The van der Waals surface area contributed by atoms with Crippen LogP contribution in [0.1, 0.15) is 19.3 Å². The maximum Gasteiger partial charge on any atom is 0.228 e. The molecule has 1 aromatic rings. The third-order valence-electron chi connectivity index (χ3n) is 5.92. The first-order chi connectivity index (χ1) is 13.1. The Morgan fingerprint density at radius 1 is 1.07 bits per heavy atom. The summed E-state index contributed by atoms with van der Waals surface area (Å²) in [6.07, 6.45) is 2.02. The lowest BCUT2D eigenvalue weighted by atomic mass is 10.1. The molecule has 7 heteroatoms. The zero-order chi connectivity index (χ0) is 18.8. The zero-order valence-corrected chi connectivity index (χ0v) is 15.5. The van der Waals surface area contributed by atoms with Gasteiger partial charge in [0.25, 0.3) is 0 Å². The van der Waals surface area contributed by atoms with Gasteiger partial charge in [0.15, 0.2) is 0 Å². The molecule has 3 aliphatic heterocycles. The second kappa shape index (κ2) is 7.84. The number of para-hydroxylation sites is 1. The molecule has 1 unspecified atom stereocenters. The molecule has 2 amide bonds. The summed E-state index contributed by atoms with van der Waals surface area (Å²) in [5.74, 6) is -0.331. The second-order valence-electron chi connectivity index (χ2n) is 7.55. The van der Waals surface area contributed by atoms with Gasteiger partial charge in [0, 0.05) is 58.4 Å². The third kappa shape index (κ3) is 3.78. The molecule has 3 heterocycles. The average molecular weight is 375 g/mol. The highest BCUT2D eigenvalue weighted by Crippen LogP contribution is 2.27. The predicted molar refractivity (Wildman–Crippen MR) is 98.9 cm³/mol. The van der Waals surface area contributed by atoms with Gasteiger partial charge in [-0.25, -0.2) is 4.39 Å². The van der Waals surface area contributed by atoms with Crippen molar-refractivity contribution < 1.29 is 18.7 Å². The van der Waals surface area contributed by atoms with Crippen molar-refractivity contribution in [1.29, 1.82) is 0 Å². The highest BCUT2D eigenvalue weighted by molar-refractivity contribution is 5.89. The number of rotatable bonds is 3. The zero-order valence-electron chi connectivity index (χ0n) is 15.5. The number of carbonyl (C=O) groups is 2. The Hall–Kier alpha value is -2.15. The maximum atomic E-state index is 14.0. The first kappa shape index (κ1) is 18.2. The largest absolute Gasteiger partial charge is 0.381 e. The molecule has 3 aliphatic rings. The molecule has 4 rings (SSSR count). The van der Waals surface area contributed by atoms with E-state index in [2.05, 4.69) is 0 Å². The number of piperazine rings is 1. The van der Waals surface area contributed by atoms with E-state index < -0.39 is 0 Å². The standard InChI is InChI=1S/C20H26FN3O3/c21-17-3-1-2-4-18(17)22-7-9-23(10-8-22)20(26)15-13-19(25)24(14-15)16-5-11-27-12-6-16/h1-4,15-16H,5-14H2. The third-order valence-corrected chi connectivity index (χ3v) is 5.92. The van der Waals surface area contributed by atoms with Crippen molar-refractivity contribution in [2.75, 3.05) is 50.8 Å². The molecule has 0 aliphatic carbocycles. The van der Waals surface area contributed by atoms with Crippen LogP contribution < -0.4 is 4.90 Å². The van der Waals surface area contributed by atoms with Gasteiger partial charge in [-0.1, -0.05) is 12.1 Å². The minimum absolute atomic E-state index is 0.0612. The normalized spacial score (nSPS) is 24.6. The van der Waals surface area contributed by atoms with Gasteiger partial charge in [0.2, 0.25) is 11.8 Å². The number of likely N-dealkylation sites (tertiary alicyclic amines) is 1. The van der Waals surface area contributed by atoms with Crippen LogP contribution in [0.15, 0.2) is 24.3 Å². The minimum atomic E-state index is -0.250. The molecule has 27 heavy (non-hydrogen) atoms. The molecule has 0 bridgehead atoms. The minimum Gasteiger partial charge on any atom is -0.381 e. The van der Waals surface area contributed by atoms with Crippen molar-refractivity contribution in [2.45, 2.75) is 25.3 Å². The monoisotopic (exact) mass is 375 g/mol. The van der Waals surface area contributed by atoms with Gasteiger partial charge in [0.1, 0.15) is 5.82 Å². The first-order valence-corrected chi connectivity index (χ1v) is 9.79. The lowest BCUT2D eigenvalue weighted by molar-refractivity contribution is -0.136. The smallest absolute Gasteiger partial charge is 0.228 e. The van der Waals surface area contributed by atoms with Crippen LogP contribution in [-0.4, -0.2) is 73.6 Å². The van der Waals surface area contributed by atoms with Gasteiger partial charge in [0.05, 0.1) is 11.6 Å². The quantitative estimate of drug-likeness (QED) is 0.804. The molecule has 3 saturated heterocycles. The Morgan fingerprint density at radius 3 is 2.48 bits per heavy atom. The molecule has 3 fully saturated rings. The fraction of sp³-hybridized carbons (Fsp3) is 0.600. The fourth-order valence-corrected chi connectivity index (χ4v) is 4.38. The van der Waals surface area contributed by atoms with E-state index in [1.807, 2.05) is 20.8 Å². The van der Waals surface area contributed by atoms with Crippen molar-refractivity contribution >= 4 is 17.5 Å². The molecular formula is C20H26FN3O3. The van der Waals surface area contributed by atoms with E-state index in [0.29, 0.717) is 58.0 Å². The number of benzene rings is 1. The van der Waals surface area contributed by atoms with E-state index in [9.17, 15) is 14.0 Å². The van der Waals surface area contributed by atoms with Crippen LogP contribution >= 0.6 is 0 Å². The summed E-state index contributed by atoms with van der Waals surface area (Å²) in [7, 11) is 0. The van der Waals surface area contributed by atoms with E-state index in [4.69, 9.17) is 4.74 Å². The number of carbonyl (C=O) groups excluding carboxylic acids is 2. The molecule has 0 radical (unpaired) electrons. The van der Waals surface area contributed by atoms with Crippen LogP contribution in [0.3, 0.4) is 0 Å². The second-order valence-corrected chi connectivity index (χ2v) is 7.55. The van der Waals surface area contributed by atoms with Crippen molar-refractivity contribution in [3.8, 4) is 0 Å². The van der Waals surface area contributed by atoms with Crippen LogP contribution in [0.5, 0.6) is 0 Å². The molecule has 6 nitrogen and oxygen atoms in total. The molecule has 1 aromatic carbocycles. The Kier molecular flexibility index (Phi) is 5.29. The summed E-state index contributed by atoms with van der Waals surface area (Å²) in [5.41, 5.74) is 0.589. The van der Waals surface area contributed by atoms with Crippen LogP contribution in [0.25, 0.3) is 0 Å². The van der Waals surface area contributed by atoms with Gasteiger partial charge >= 0.3 is 0 Å². The number of nitrogens with zero attached hydrogens (tertiary/aromatic N) is 3. The van der Waals surface area contributed by atoms with E-state index in [0.717, 1.165) is 12.8 Å². The van der Waals surface area contributed by atoms with E-state index >= 15 is 0 Å². The van der Waals surface area contributed by atoms with Gasteiger partial charge < -0.3 is 19.4 Å². The molecule has 0 spiro atoms. The molecule has 1 atom stereocenters. The topological polar surface area (TPSA) is 53.1 Å². The number of hydrogen-bond donors (Lipinski definition) is 0. The highest BCUT2D eigenvalue weighted by Gasteiger charge is 2.40. The van der Waals surface area contributed by atoms with Gasteiger partial charge in [-0.15, -0.1) is 0 Å². The Bertz CT molecular complexity index is 699. The van der Waals surface area contributed by atoms with Crippen LogP contribution in [0.2, 0.25) is 0 Å². The molecule has 0 aromatic heterocycles. The lowest BCUT2D eigenvalue weighted by Gasteiger charge is -2.37. The summed E-state index contributed by atoms with van der Waals surface area (Å²) in [6, 6.07) is 6.95. The Morgan fingerprint density at radius 2 is 1.78 bits per heavy atom. The lowest BCUT2D eigenvalue weighted by Crippen LogP contribution is -2.51. The van der Waals surface area contributed by atoms with Gasteiger partial charge in [-0.3, -0.25) is 9.59 Å².